The predicted octanol–water partition coefficient (Wildman–Crippen LogP) is 4.87. The summed E-state index contributed by atoms with van der Waals surface area (Å²) >= 11 is 12.0. The van der Waals surface area contributed by atoms with Crippen molar-refractivity contribution in [3.8, 4) is 0 Å². The maximum absolute atomic E-state index is 10.3. The first-order chi connectivity index (χ1) is 7.94. The van der Waals surface area contributed by atoms with Crippen LogP contribution in [0.1, 0.15) is 45.1 Å². The minimum absolute atomic E-state index is 0.552. The lowest BCUT2D eigenvalue weighted by atomic mass is 9.91. The van der Waals surface area contributed by atoms with Crippen LogP contribution in [0.5, 0.6) is 0 Å². The highest BCUT2D eigenvalue weighted by Gasteiger charge is 2.21. The highest BCUT2D eigenvalue weighted by atomic mass is 35.5. The molecule has 0 amide bonds. The largest absolute Gasteiger partial charge is 0.390 e. The zero-order chi connectivity index (χ0) is 12.9. The lowest BCUT2D eigenvalue weighted by molar-refractivity contribution is 0.0486. The molecule has 96 valence electrons. The van der Waals surface area contributed by atoms with Crippen molar-refractivity contribution in [2.75, 3.05) is 0 Å². The molecule has 0 aliphatic carbocycles. The molecule has 0 aromatic heterocycles. The number of rotatable bonds is 6. The minimum Gasteiger partial charge on any atom is -0.390 e. The highest BCUT2D eigenvalue weighted by molar-refractivity contribution is 6.33. The average molecular weight is 275 g/mol. The molecule has 0 saturated heterocycles. The molecule has 0 aliphatic rings. The van der Waals surface area contributed by atoms with Crippen LogP contribution >= 0.6 is 23.2 Å². The molecule has 0 spiro atoms. The maximum Gasteiger partial charge on any atom is 0.0660 e. The Kier molecular flexibility index (Phi) is 5.78. The van der Waals surface area contributed by atoms with Gasteiger partial charge < -0.3 is 5.11 Å². The van der Waals surface area contributed by atoms with E-state index in [0.29, 0.717) is 16.5 Å². The second-order valence-electron chi connectivity index (χ2n) is 4.87. The Morgan fingerprint density at radius 2 is 1.94 bits per heavy atom. The van der Waals surface area contributed by atoms with Crippen LogP contribution in [0.25, 0.3) is 0 Å². The van der Waals surface area contributed by atoms with Crippen LogP contribution in [0.4, 0.5) is 0 Å². The van der Waals surface area contributed by atoms with Crippen molar-refractivity contribution in [2.45, 2.75) is 51.6 Å². The van der Waals surface area contributed by atoms with Crippen molar-refractivity contribution >= 4 is 23.2 Å². The number of aliphatic hydroxyl groups is 1. The topological polar surface area (TPSA) is 20.2 Å². The molecule has 0 heterocycles. The fourth-order valence-corrected chi connectivity index (χ4v) is 2.31. The Morgan fingerprint density at radius 1 is 1.24 bits per heavy atom. The third kappa shape index (κ3) is 5.29. The van der Waals surface area contributed by atoms with E-state index in [1.807, 2.05) is 13.0 Å². The normalized spacial score (nSPS) is 14.6. The third-order valence-corrected chi connectivity index (χ3v) is 3.50. The lowest BCUT2D eigenvalue weighted by Crippen LogP contribution is -2.27. The van der Waals surface area contributed by atoms with Gasteiger partial charge in [-0.05, 0) is 37.1 Å². The Morgan fingerprint density at radius 3 is 2.59 bits per heavy atom. The molecule has 17 heavy (non-hydrogen) atoms. The van der Waals surface area contributed by atoms with Gasteiger partial charge in [0.2, 0.25) is 0 Å². The molecule has 1 atom stereocenters. The molecular formula is C14H20Cl2O. The number of hydrogen-bond donors (Lipinski definition) is 1. The van der Waals surface area contributed by atoms with Gasteiger partial charge in [0, 0.05) is 16.5 Å². The lowest BCUT2D eigenvalue weighted by Gasteiger charge is -2.24. The highest BCUT2D eigenvalue weighted by Crippen LogP contribution is 2.27. The standard InChI is InChI=1S/C14H20Cl2O/c1-3-4-5-8-14(2,17)10-11-9-12(15)6-7-13(11)16/h6-7,9,17H,3-5,8,10H2,1-2H3. The maximum atomic E-state index is 10.3. The van der Waals surface area contributed by atoms with Gasteiger partial charge in [-0.2, -0.15) is 0 Å². The molecule has 0 saturated carbocycles. The molecule has 3 heteroatoms. The van der Waals surface area contributed by atoms with Crippen molar-refractivity contribution in [1.29, 1.82) is 0 Å². The quantitative estimate of drug-likeness (QED) is 0.734. The van der Waals surface area contributed by atoms with Gasteiger partial charge in [0.05, 0.1) is 5.60 Å². The monoisotopic (exact) mass is 274 g/mol. The van der Waals surface area contributed by atoms with E-state index < -0.39 is 5.60 Å². The first-order valence-electron chi connectivity index (χ1n) is 6.11. The fraction of sp³-hybridized carbons (Fsp3) is 0.571. The summed E-state index contributed by atoms with van der Waals surface area (Å²) in [5.74, 6) is 0. The Hall–Kier alpha value is -0.240. The number of halogens is 2. The summed E-state index contributed by atoms with van der Waals surface area (Å²) in [7, 11) is 0. The molecule has 0 aliphatic heterocycles. The third-order valence-electron chi connectivity index (χ3n) is 2.90. The molecular weight excluding hydrogens is 255 g/mol. The Balaban J connectivity index is 2.65. The van der Waals surface area contributed by atoms with Crippen molar-refractivity contribution in [3.05, 3.63) is 33.8 Å². The molecule has 1 nitrogen and oxygen atoms in total. The van der Waals surface area contributed by atoms with E-state index in [1.165, 1.54) is 0 Å². The van der Waals surface area contributed by atoms with Gasteiger partial charge in [-0.3, -0.25) is 0 Å². The van der Waals surface area contributed by atoms with Crippen LogP contribution in [0.2, 0.25) is 10.0 Å². The van der Waals surface area contributed by atoms with E-state index in [0.717, 1.165) is 31.2 Å². The van der Waals surface area contributed by atoms with Gasteiger partial charge in [0.1, 0.15) is 0 Å². The van der Waals surface area contributed by atoms with E-state index in [1.54, 1.807) is 12.1 Å². The second kappa shape index (κ2) is 6.63. The van der Waals surface area contributed by atoms with Gasteiger partial charge in [0.15, 0.2) is 0 Å². The Bertz CT molecular complexity index is 361. The minimum atomic E-state index is -0.705. The van der Waals surface area contributed by atoms with Gasteiger partial charge in [-0.25, -0.2) is 0 Å². The van der Waals surface area contributed by atoms with Crippen molar-refractivity contribution in [3.63, 3.8) is 0 Å². The summed E-state index contributed by atoms with van der Waals surface area (Å²) in [5.41, 5.74) is 0.212. The van der Waals surface area contributed by atoms with Gasteiger partial charge in [-0.15, -0.1) is 0 Å². The second-order valence-corrected chi connectivity index (χ2v) is 5.71. The molecule has 0 radical (unpaired) electrons. The van der Waals surface area contributed by atoms with Gasteiger partial charge >= 0.3 is 0 Å². The zero-order valence-corrected chi connectivity index (χ0v) is 12.0. The van der Waals surface area contributed by atoms with Gasteiger partial charge in [-0.1, -0.05) is 49.4 Å². The molecule has 1 unspecified atom stereocenters. The summed E-state index contributed by atoms with van der Waals surface area (Å²) in [6.45, 7) is 4.02. The van der Waals surface area contributed by atoms with Crippen LogP contribution in [0.15, 0.2) is 18.2 Å². The summed E-state index contributed by atoms with van der Waals surface area (Å²) in [4.78, 5) is 0. The van der Waals surface area contributed by atoms with Crippen LogP contribution in [-0.2, 0) is 6.42 Å². The molecule has 1 rings (SSSR count). The van der Waals surface area contributed by atoms with E-state index in [4.69, 9.17) is 23.2 Å². The van der Waals surface area contributed by atoms with Crippen molar-refractivity contribution in [1.82, 2.24) is 0 Å². The smallest absolute Gasteiger partial charge is 0.0660 e. The SMILES string of the molecule is CCCCCC(C)(O)Cc1cc(Cl)ccc1Cl. The van der Waals surface area contributed by atoms with E-state index >= 15 is 0 Å². The first kappa shape index (κ1) is 14.8. The summed E-state index contributed by atoms with van der Waals surface area (Å²) in [6, 6.07) is 5.37. The molecule has 0 fully saturated rings. The van der Waals surface area contributed by atoms with Crippen LogP contribution in [-0.4, -0.2) is 10.7 Å². The van der Waals surface area contributed by atoms with Crippen molar-refractivity contribution in [2.24, 2.45) is 0 Å². The molecule has 0 bridgehead atoms. The molecule has 1 N–H and O–H groups in total. The molecule has 1 aromatic rings. The van der Waals surface area contributed by atoms with Crippen LogP contribution < -0.4 is 0 Å². The fourth-order valence-electron chi connectivity index (χ4n) is 1.93. The number of benzene rings is 1. The van der Waals surface area contributed by atoms with E-state index in [2.05, 4.69) is 6.92 Å². The molecule has 1 aromatic carbocycles. The summed E-state index contributed by atoms with van der Waals surface area (Å²) in [5, 5.41) is 11.6. The summed E-state index contributed by atoms with van der Waals surface area (Å²) < 4.78 is 0. The first-order valence-corrected chi connectivity index (χ1v) is 6.86. The van der Waals surface area contributed by atoms with Crippen molar-refractivity contribution < 1.29 is 5.11 Å². The number of hydrogen-bond acceptors (Lipinski definition) is 1. The number of unbranched alkanes of at least 4 members (excludes halogenated alkanes) is 2. The average Bonchev–Trinajstić information content (AvgIpc) is 2.23. The predicted molar refractivity (Wildman–Crippen MR) is 74.9 cm³/mol. The Labute approximate surface area is 114 Å². The van der Waals surface area contributed by atoms with E-state index in [-0.39, 0.29) is 0 Å². The summed E-state index contributed by atoms with van der Waals surface area (Å²) in [6.07, 6.45) is 4.70. The van der Waals surface area contributed by atoms with E-state index in [9.17, 15) is 5.11 Å². The van der Waals surface area contributed by atoms with Crippen LogP contribution in [0.3, 0.4) is 0 Å². The van der Waals surface area contributed by atoms with Crippen LogP contribution in [0, 0.1) is 0 Å². The zero-order valence-electron chi connectivity index (χ0n) is 10.5. The van der Waals surface area contributed by atoms with Gasteiger partial charge in [0.25, 0.3) is 0 Å².